The summed E-state index contributed by atoms with van der Waals surface area (Å²) < 4.78 is 7.56. The van der Waals surface area contributed by atoms with Crippen LogP contribution < -0.4 is 5.32 Å². The van der Waals surface area contributed by atoms with E-state index < -0.39 is 5.91 Å². The molecule has 0 aliphatic rings. The number of rotatable bonds is 7. The minimum atomic E-state index is -0.415. The van der Waals surface area contributed by atoms with Crippen molar-refractivity contribution >= 4 is 45.7 Å². The van der Waals surface area contributed by atoms with Crippen molar-refractivity contribution in [3.8, 4) is 5.69 Å². The lowest BCUT2D eigenvalue weighted by molar-refractivity contribution is 0.101. The van der Waals surface area contributed by atoms with Crippen LogP contribution in [0.5, 0.6) is 0 Å². The molecule has 0 spiro atoms. The quantitative estimate of drug-likeness (QED) is 0.471. The third-order valence-corrected chi connectivity index (χ3v) is 5.33. The Kier molecular flexibility index (Phi) is 6.20. The number of benzene rings is 1. The fraction of sp³-hybridized carbons (Fsp3) is 0.267. The first-order valence-electron chi connectivity index (χ1n) is 7.59. The molecule has 3 aromatic rings. The SMILES string of the molecule is CCSc1nnc(NC(=O)c2nnn(-c3ccc(Cl)cc3)c2COC)s1. The van der Waals surface area contributed by atoms with Crippen molar-refractivity contribution in [1.29, 1.82) is 0 Å². The summed E-state index contributed by atoms with van der Waals surface area (Å²) in [4.78, 5) is 12.6. The molecule has 8 nitrogen and oxygen atoms in total. The number of nitrogens with zero attached hydrogens (tertiary/aromatic N) is 5. The topological polar surface area (TPSA) is 94.8 Å². The molecule has 1 amide bonds. The van der Waals surface area contributed by atoms with Crippen LogP contribution in [0.2, 0.25) is 5.02 Å². The molecule has 0 atom stereocenters. The molecule has 0 bridgehead atoms. The number of anilines is 1. The van der Waals surface area contributed by atoms with Crippen molar-refractivity contribution in [3.05, 3.63) is 40.7 Å². The Morgan fingerprint density at radius 1 is 1.31 bits per heavy atom. The van der Waals surface area contributed by atoms with Crippen LogP contribution in [0, 0.1) is 0 Å². The Balaban J connectivity index is 1.86. The van der Waals surface area contributed by atoms with Gasteiger partial charge in [-0.15, -0.1) is 15.3 Å². The van der Waals surface area contributed by atoms with E-state index in [-0.39, 0.29) is 12.3 Å². The Morgan fingerprint density at radius 2 is 2.08 bits per heavy atom. The predicted molar refractivity (Wildman–Crippen MR) is 101 cm³/mol. The smallest absolute Gasteiger partial charge is 0.280 e. The Labute approximate surface area is 162 Å². The van der Waals surface area contributed by atoms with E-state index in [0.29, 0.717) is 15.8 Å². The highest BCUT2D eigenvalue weighted by Gasteiger charge is 2.22. The van der Waals surface area contributed by atoms with Crippen LogP contribution in [-0.2, 0) is 11.3 Å². The highest BCUT2D eigenvalue weighted by molar-refractivity contribution is 8.01. The number of hydrogen-bond acceptors (Lipinski definition) is 8. The van der Waals surface area contributed by atoms with E-state index in [1.807, 2.05) is 6.92 Å². The van der Waals surface area contributed by atoms with E-state index in [4.69, 9.17) is 16.3 Å². The fourth-order valence-corrected chi connectivity index (χ4v) is 3.90. The average molecular weight is 411 g/mol. The van der Waals surface area contributed by atoms with Gasteiger partial charge in [-0.05, 0) is 30.0 Å². The summed E-state index contributed by atoms with van der Waals surface area (Å²) >= 11 is 8.80. The van der Waals surface area contributed by atoms with Gasteiger partial charge in [0.05, 0.1) is 12.3 Å². The highest BCUT2D eigenvalue weighted by Crippen LogP contribution is 2.25. The lowest BCUT2D eigenvalue weighted by Gasteiger charge is -2.07. The van der Waals surface area contributed by atoms with Gasteiger partial charge in [0.1, 0.15) is 5.69 Å². The molecule has 1 N–H and O–H groups in total. The van der Waals surface area contributed by atoms with E-state index >= 15 is 0 Å². The van der Waals surface area contributed by atoms with Gasteiger partial charge in [-0.1, -0.05) is 46.8 Å². The molecule has 0 fully saturated rings. The first kappa shape index (κ1) is 18.8. The monoisotopic (exact) mass is 410 g/mol. The molecule has 0 radical (unpaired) electrons. The summed E-state index contributed by atoms with van der Waals surface area (Å²) in [6.45, 7) is 2.20. The fourth-order valence-electron chi connectivity index (χ4n) is 2.13. The second-order valence-electron chi connectivity index (χ2n) is 4.97. The van der Waals surface area contributed by atoms with Crippen molar-refractivity contribution in [2.75, 3.05) is 18.2 Å². The van der Waals surface area contributed by atoms with Crippen LogP contribution in [-0.4, -0.2) is 44.0 Å². The molecule has 0 saturated heterocycles. The van der Waals surface area contributed by atoms with E-state index in [0.717, 1.165) is 15.8 Å². The zero-order valence-corrected chi connectivity index (χ0v) is 16.4. The van der Waals surface area contributed by atoms with Gasteiger partial charge in [0.2, 0.25) is 5.13 Å². The van der Waals surface area contributed by atoms with Crippen LogP contribution >= 0.6 is 34.7 Å². The van der Waals surface area contributed by atoms with Crippen LogP contribution in [0.25, 0.3) is 5.69 Å². The first-order chi connectivity index (χ1) is 12.6. The van der Waals surface area contributed by atoms with Crippen molar-refractivity contribution in [2.24, 2.45) is 0 Å². The number of ether oxygens (including phenoxy) is 1. The molecular formula is C15H15ClN6O2S2. The summed E-state index contributed by atoms with van der Waals surface area (Å²) in [5.74, 6) is 0.470. The van der Waals surface area contributed by atoms with E-state index in [9.17, 15) is 4.79 Å². The zero-order chi connectivity index (χ0) is 18.5. The number of hydrogen-bond donors (Lipinski definition) is 1. The highest BCUT2D eigenvalue weighted by atomic mass is 35.5. The largest absolute Gasteiger partial charge is 0.378 e. The van der Waals surface area contributed by atoms with Crippen molar-refractivity contribution < 1.29 is 9.53 Å². The minimum Gasteiger partial charge on any atom is -0.378 e. The van der Waals surface area contributed by atoms with Gasteiger partial charge in [-0.2, -0.15) is 0 Å². The number of carbonyl (C=O) groups is 1. The lowest BCUT2D eigenvalue weighted by Crippen LogP contribution is -2.16. The zero-order valence-electron chi connectivity index (χ0n) is 14.0. The summed E-state index contributed by atoms with van der Waals surface area (Å²) in [5.41, 5.74) is 1.42. The van der Waals surface area contributed by atoms with E-state index in [1.165, 1.54) is 11.3 Å². The normalized spacial score (nSPS) is 10.9. The maximum absolute atomic E-state index is 12.6. The minimum absolute atomic E-state index is 0.168. The molecule has 26 heavy (non-hydrogen) atoms. The van der Waals surface area contributed by atoms with E-state index in [2.05, 4.69) is 25.8 Å². The molecule has 11 heteroatoms. The van der Waals surface area contributed by atoms with Gasteiger partial charge in [-0.25, -0.2) is 4.68 Å². The van der Waals surface area contributed by atoms with Crippen LogP contribution in [0.15, 0.2) is 28.6 Å². The molecule has 2 heterocycles. The number of amides is 1. The first-order valence-corrected chi connectivity index (χ1v) is 9.77. The van der Waals surface area contributed by atoms with Gasteiger partial charge >= 0.3 is 0 Å². The Morgan fingerprint density at radius 3 is 2.77 bits per heavy atom. The molecule has 1 aromatic carbocycles. The third-order valence-electron chi connectivity index (χ3n) is 3.23. The molecular weight excluding hydrogens is 396 g/mol. The summed E-state index contributed by atoms with van der Waals surface area (Å²) in [6, 6.07) is 7.06. The average Bonchev–Trinajstić information content (AvgIpc) is 3.23. The summed E-state index contributed by atoms with van der Waals surface area (Å²) in [6.07, 6.45) is 0. The Bertz CT molecular complexity index is 896. The number of methoxy groups -OCH3 is 1. The van der Waals surface area contributed by atoms with Crippen molar-refractivity contribution in [3.63, 3.8) is 0 Å². The van der Waals surface area contributed by atoms with Crippen LogP contribution in [0.3, 0.4) is 0 Å². The van der Waals surface area contributed by atoms with Gasteiger partial charge in [0, 0.05) is 12.1 Å². The molecule has 136 valence electrons. The number of nitrogens with one attached hydrogen (secondary N) is 1. The molecule has 0 unspecified atom stereocenters. The second kappa shape index (κ2) is 8.58. The van der Waals surface area contributed by atoms with Crippen molar-refractivity contribution in [1.82, 2.24) is 25.2 Å². The van der Waals surface area contributed by atoms with Gasteiger partial charge in [0.25, 0.3) is 5.91 Å². The third kappa shape index (κ3) is 4.21. The van der Waals surface area contributed by atoms with Gasteiger partial charge in [-0.3, -0.25) is 10.1 Å². The molecule has 2 aromatic heterocycles. The standard InChI is InChI=1S/C15H15ClN6O2S2/c1-3-25-15-20-19-14(26-15)17-13(23)12-11(8-24-2)22(21-18-12)10-6-4-9(16)5-7-10/h4-7H,3,8H2,1-2H3,(H,17,19,23). The number of thioether (sulfide) groups is 1. The summed E-state index contributed by atoms with van der Waals surface area (Å²) in [5, 5.41) is 19.8. The van der Waals surface area contributed by atoms with Gasteiger partial charge < -0.3 is 4.74 Å². The van der Waals surface area contributed by atoms with E-state index in [1.54, 1.807) is 47.8 Å². The maximum atomic E-state index is 12.6. The van der Waals surface area contributed by atoms with Gasteiger partial charge in [0.15, 0.2) is 10.0 Å². The molecule has 0 aliphatic heterocycles. The number of carbonyl (C=O) groups excluding carboxylic acids is 1. The Hall–Kier alpha value is -2.01. The maximum Gasteiger partial charge on any atom is 0.280 e. The predicted octanol–water partition coefficient (Wildman–Crippen LogP) is 3.28. The molecule has 0 saturated carbocycles. The number of halogens is 1. The molecule has 3 rings (SSSR count). The van der Waals surface area contributed by atoms with Crippen LogP contribution in [0.4, 0.5) is 5.13 Å². The summed E-state index contributed by atoms with van der Waals surface area (Å²) in [7, 11) is 1.54. The van der Waals surface area contributed by atoms with Crippen LogP contribution in [0.1, 0.15) is 23.1 Å². The van der Waals surface area contributed by atoms with Crippen molar-refractivity contribution in [2.45, 2.75) is 17.9 Å². The molecule has 0 aliphatic carbocycles. The second-order valence-corrected chi connectivity index (χ2v) is 7.89. The lowest BCUT2D eigenvalue weighted by atomic mass is 10.2. The number of aromatic nitrogens is 5.